The van der Waals surface area contributed by atoms with Gasteiger partial charge in [0.25, 0.3) is 0 Å². The van der Waals surface area contributed by atoms with Crippen LogP contribution in [0.1, 0.15) is 22.8 Å². The van der Waals surface area contributed by atoms with Crippen LogP contribution in [-0.4, -0.2) is 11.3 Å². The van der Waals surface area contributed by atoms with Crippen molar-refractivity contribution in [3.8, 4) is 11.1 Å². The van der Waals surface area contributed by atoms with Gasteiger partial charge in [0, 0.05) is 6.21 Å². The molecule has 3 aromatic rings. The molecule has 0 amide bonds. The lowest BCUT2D eigenvalue weighted by molar-refractivity contribution is 0.225. The molecule has 1 N–H and O–H groups in total. The molecule has 0 unspecified atom stereocenters. The average molecular weight is 285 g/mol. The Bertz CT molecular complexity index is 853. The quantitative estimate of drug-likeness (QED) is 0.691. The lowest BCUT2D eigenvalue weighted by Gasteiger charge is -2.05. The molecule has 2 nitrogen and oxygen atoms in total. The van der Waals surface area contributed by atoms with E-state index < -0.39 is 6.10 Å². The van der Waals surface area contributed by atoms with Crippen molar-refractivity contribution in [1.29, 1.82) is 0 Å². The molecule has 0 saturated heterocycles. The minimum atomic E-state index is -0.557. The molecule has 1 aliphatic rings. The summed E-state index contributed by atoms with van der Waals surface area (Å²) in [5.41, 5.74) is 6.04. The summed E-state index contributed by atoms with van der Waals surface area (Å²) in [6.07, 6.45) is 1.29. The molecule has 0 radical (unpaired) electrons. The van der Waals surface area contributed by atoms with Gasteiger partial charge in [-0.25, -0.2) is 0 Å². The van der Waals surface area contributed by atoms with E-state index in [-0.39, 0.29) is 0 Å². The molecule has 0 aromatic heterocycles. The first-order valence-corrected chi connectivity index (χ1v) is 7.33. The van der Waals surface area contributed by atoms with Crippen LogP contribution in [0.2, 0.25) is 0 Å². The van der Waals surface area contributed by atoms with Crippen LogP contribution in [0, 0.1) is 0 Å². The fraction of sp³-hybridized carbons (Fsp3) is 0.0500. The Balaban J connectivity index is 1.71. The Labute approximate surface area is 129 Å². The number of benzene rings is 3. The Morgan fingerprint density at radius 1 is 0.773 bits per heavy atom. The molecular weight excluding hydrogens is 270 g/mol. The van der Waals surface area contributed by atoms with E-state index in [2.05, 4.69) is 11.1 Å². The number of hydrogen-bond donors (Lipinski definition) is 1. The van der Waals surface area contributed by atoms with Gasteiger partial charge in [-0.1, -0.05) is 60.7 Å². The molecule has 4 rings (SSSR count). The predicted octanol–water partition coefficient (Wildman–Crippen LogP) is 4.50. The largest absolute Gasteiger partial charge is 0.384 e. The highest BCUT2D eigenvalue weighted by atomic mass is 16.3. The van der Waals surface area contributed by atoms with E-state index in [1.807, 2.05) is 72.9 Å². The van der Waals surface area contributed by atoms with Crippen LogP contribution in [0.5, 0.6) is 0 Å². The van der Waals surface area contributed by atoms with E-state index in [4.69, 9.17) is 0 Å². The Kier molecular flexibility index (Phi) is 3.10. The third-order valence-electron chi connectivity index (χ3n) is 4.04. The van der Waals surface area contributed by atoms with Crippen molar-refractivity contribution < 1.29 is 5.11 Å². The van der Waals surface area contributed by atoms with Crippen LogP contribution >= 0.6 is 0 Å². The first-order valence-electron chi connectivity index (χ1n) is 7.33. The number of hydrogen-bond acceptors (Lipinski definition) is 2. The number of fused-ring (bicyclic) bond motifs is 3. The van der Waals surface area contributed by atoms with Crippen molar-refractivity contribution in [2.24, 2.45) is 4.99 Å². The van der Waals surface area contributed by atoms with Crippen LogP contribution in [0.15, 0.2) is 77.8 Å². The molecule has 106 valence electrons. The van der Waals surface area contributed by atoms with Crippen LogP contribution < -0.4 is 0 Å². The summed E-state index contributed by atoms with van der Waals surface area (Å²) < 4.78 is 0. The molecule has 2 heteroatoms. The summed E-state index contributed by atoms with van der Waals surface area (Å²) in [4.78, 5) is 4.52. The van der Waals surface area contributed by atoms with E-state index in [0.717, 1.165) is 33.5 Å². The van der Waals surface area contributed by atoms with Gasteiger partial charge in [-0.15, -0.1) is 0 Å². The molecule has 0 fully saturated rings. The highest BCUT2D eigenvalue weighted by Gasteiger charge is 2.26. The summed E-state index contributed by atoms with van der Waals surface area (Å²) in [6.45, 7) is 0. The second-order valence-corrected chi connectivity index (χ2v) is 5.43. The second kappa shape index (κ2) is 5.24. The lowest BCUT2D eigenvalue weighted by Crippen LogP contribution is -1.93. The number of rotatable bonds is 2. The molecule has 22 heavy (non-hydrogen) atoms. The van der Waals surface area contributed by atoms with Crippen molar-refractivity contribution in [2.75, 3.05) is 0 Å². The fourth-order valence-corrected chi connectivity index (χ4v) is 2.94. The Morgan fingerprint density at radius 3 is 2.36 bits per heavy atom. The summed E-state index contributed by atoms with van der Waals surface area (Å²) in [5, 5.41) is 10.5. The molecular formula is C20H15NO. The molecule has 0 spiro atoms. The van der Waals surface area contributed by atoms with Gasteiger partial charge < -0.3 is 5.11 Å². The molecule has 0 aliphatic heterocycles. The van der Waals surface area contributed by atoms with Crippen molar-refractivity contribution in [3.63, 3.8) is 0 Å². The monoisotopic (exact) mass is 285 g/mol. The number of aliphatic imine (C=N–C) groups is 1. The molecule has 0 bridgehead atoms. The van der Waals surface area contributed by atoms with Gasteiger partial charge in [-0.3, -0.25) is 4.99 Å². The topological polar surface area (TPSA) is 32.6 Å². The fourth-order valence-electron chi connectivity index (χ4n) is 2.94. The summed E-state index contributed by atoms with van der Waals surface area (Å²) in [7, 11) is 0. The third-order valence-corrected chi connectivity index (χ3v) is 4.04. The number of aliphatic hydroxyl groups is 1. The normalized spacial score (nSPS) is 15.8. The van der Waals surface area contributed by atoms with Crippen LogP contribution in [0.25, 0.3) is 11.1 Å². The molecule has 1 atom stereocenters. The molecule has 3 aromatic carbocycles. The highest BCUT2D eigenvalue weighted by Crippen LogP contribution is 2.44. The van der Waals surface area contributed by atoms with Crippen molar-refractivity contribution >= 4 is 11.9 Å². The first kappa shape index (κ1) is 13.0. The predicted molar refractivity (Wildman–Crippen MR) is 89.6 cm³/mol. The van der Waals surface area contributed by atoms with Crippen molar-refractivity contribution in [3.05, 3.63) is 89.5 Å². The summed E-state index contributed by atoms with van der Waals surface area (Å²) in [6, 6.07) is 24.0. The van der Waals surface area contributed by atoms with E-state index >= 15 is 0 Å². The third kappa shape index (κ3) is 2.14. The van der Waals surface area contributed by atoms with Crippen LogP contribution in [0.3, 0.4) is 0 Å². The van der Waals surface area contributed by atoms with E-state index in [1.165, 1.54) is 0 Å². The Hall–Kier alpha value is -2.71. The van der Waals surface area contributed by atoms with Gasteiger partial charge in [0.1, 0.15) is 6.10 Å². The summed E-state index contributed by atoms with van der Waals surface area (Å²) in [5.74, 6) is 0. The maximum absolute atomic E-state index is 10.5. The van der Waals surface area contributed by atoms with E-state index in [9.17, 15) is 5.11 Å². The standard InChI is InChI=1S/C20H15NO/c22-20-18-9-5-4-8-16(18)17-11-10-15(12-19(17)20)21-13-14-6-2-1-3-7-14/h1-13,20,22H/t20-/m1/s1. The number of nitrogens with zero attached hydrogens (tertiary/aromatic N) is 1. The van der Waals surface area contributed by atoms with E-state index in [0.29, 0.717) is 0 Å². The Morgan fingerprint density at radius 2 is 1.50 bits per heavy atom. The van der Waals surface area contributed by atoms with Crippen LogP contribution in [-0.2, 0) is 0 Å². The minimum Gasteiger partial charge on any atom is -0.384 e. The van der Waals surface area contributed by atoms with E-state index in [1.54, 1.807) is 0 Å². The average Bonchev–Trinajstić information content (AvgIpc) is 2.87. The lowest BCUT2D eigenvalue weighted by atomic mass is 10.1. The zero-order chi connectivity index (χ0) is 14.9. The highest BCUT2D eigenvalue weighted by molar-refractivity contribution is 5.83. The van der Waals surface area contributed by atoms with Gasteiger partial charge in [0.2, 0.25) is 0 Å². The van der Waals surface area contributed by atoms with Crippen molar-refractivity contribution in [2.45, 2.75) is 6.10 Å². The maximum Gasteiger partial charge on any atom is 0.105 e. The van der Waals surface area contributed by atoms with Gasteiger partial charge in [-0.2, -0.15) is 0 Å². The first-order chi connectivity index (χ1) is 10.8. The zero-order valence-electron chi connectivity index (χ0n) is 12.0. The SMILES string of the molecule is O[C@@H]1c2ccccc2-c2ccc(N=Cc3ccccc3)cc21. The zero-order valence-corrected chi connectivity index (χ0v) is 12.0. The van der Waals surface area contributed by atoms with Crippen LogP contribution in [0.4, 0.5) is 5.69 Å². The minimum absolute atomic E-state index is 0.557. The smallest absolute Gasteiger partial charge is 0.105 e. The van der Waals surface area contributed by atoms with Gasteiger partial charge in [-0.05, 0) is 39.9 Å². The molecule has 0 saturated carbocycles. The van der Waals surface area contributed by atoms with Gasteiger partial charge in [0.05, 0.1) is 5.69 Å². The maximum atomic E-state index is 10.5. The molecule has 0 heterocycles. The summed E-state index contributed by atoms with van der Waals surface area (Å²) >= 11 is 0. The number of aliphatic hydroxyl groups excluding tert-OH is 1. The second-order valence-electron chi connectivity index (χ2n) is 5.43. The molecule has 1 aliphatic carbocycles. The van der Waals surface area contributed by atoms with Gasteiger partial charge >= 0.3 is 0 Å². The van der Waals surface area contributed by atoms with Gasteiger partial charge in [0.15, 0.2) is 0 Å². The van der Waals surface area contributed by atoms with Crippen molar-refractivity contribution in [1.82, 2.24) is 0 Å².